The molecule has 9 heteroatoms. The lowest BCUT2D eigenvalue weighted by Crippen LogP contribution is -2.35. The number of aliphatic hydroxyl groups excluding tert-OH is 1. The Morgan fingerprint density at radius 1 is 1.11 bits per heavy atom. The standard InChI is InChI=1S/C18H30N6O2.ClH/c1-20-11-5-7-12(8-6-11)23-18-21-10-15(16(19)26)17(24-18)22-13-3-2-4-14(25)9-13;/h10-14,20,25H,2-9H2,1H3,(H2,19,26)(H2,21,22,23,24);1H/t11?,12?,13-,14+;/m1./s1. The van der Waals surface area contributed by atoms with E-state index in [9.17, 15) is 9.90 Å². The van der Waals surface area contributed by atoms with Crippen molar-refractivity contribution < 1.29 is 9.90 Å². The molecular formula is C18H31ClN6O2. The summed E-state index contributed by atoms with van der Waals surface area (Å²) in [6.45, 7) is 0. The van der Waals surface area contributed by atoms with Crippen LogP contribution in [-0.4, -0.2) is 52.3 Å². The number of hydrogen-bond acceptors (Lipinski definition) is 7. The molecule has 1 amide bonds. The quantitative estimate of drug-likeness (QED) is 0.493. The van der Waals surface area contributed by atoms with Crippen molar-refractivity contribution in [3.8, 4) is 0 Å². The minimum absolute atomic E-state index is 0. The molecule has 2 aliphatic carbocycles. The fourth-order valence-electron chi connectivity index (χ4n) is 3.94. The maximum atomic E-state index is 11.7. The van der Waals surface area contributed by atoms with Crippen LogP contribution < -0.4 is 21.7 Å². The number of nitrogens with zero attached hydrogens (tertiary/aromatic N) is 2. The number of aromatic nitrogens is 2. The molecule has 0 aromatic carbocycles. The van der Waals surface area contributed by atoms with Gasteiger partial charge in [0.25, 0.3) is 5.91 Å². The number of rotatable bonds is 6. The number of nitrogens with one attached hydrogen (secondary N) is 3. The first-order chi connectivity index (χ1) is 12.5. The highest BCUT2D eigenvalue weighted by atomic mass is 35.5. The highest BCUT2D eigenvalue weighted by Gasteiger charge is 2.24. The van der Waals surface area contributed by atoms with E-state index in [0.717, 1.165) is 44.9 Å². The fourth-order valence-corrected chi connectivity index (χ4v) is 3.94. The molecule has 8 nitrogen and oxygen atoms in total. The summed E-state index contributed by atoms with van der Waals surface area (Å²) >= 11 is 0. The predicted molar refractivity (Wildman–Crippen MR) is 108 cm³/mol. The summed E-state index contributed by atoms with van der Waals surface area (Å²) in [4.78, 5) is 20.5. The van der Waals surface area contributed by atoms with Gasteiger partial charge < -0.3 is 26.8 Å². The van der Waals surface area contributed by atoms with Gasteiger partial charge in [-0.1, -0.05) is 0 Å². The summed E-state index contributed by atoms with van der Waals surface area (Å²) in [6, 6.07) is 1.01. The summed E-state index contributed by atoms with van der Waals surface area (Å²) in [7, 11) is 2.00. The van der Waals surface area contributed by atoms with Crippen LogP contribution in [-0.2, 0) is 0 Å². The van der Waals surface area contributed by atoms with Crippen LogP contribution in [0.5, 0.6) is 0 Å². The SMILES string of the molecule is CNC1CCC(Nc2ncc(C(N)=O)c(N[C@@H]3CCC[C@H](O)C3)n2)CC1.Cl. The summed E-state index contributed by atoms with van der Waals surface area (Å²) in [5.74, 6) is 0.421. The van der Waals surface area contributed by atoms with E-state index in [4.69, 9.17) is 5.73 Å². The van der Waals surface area contributed by atoms with Crippen molar-refractivity contribution in [3.05, 3.63) is 11.8 Å². The Bertz CT molecular complexity index is 624. The van der Waals surface area contributed by atoms with Gasteiger partial charge in [-0.3, -0.25) is 4.79 Å². The highest BCUT2D eigenvalue weighted by molar-refractivity contribution is 5.97. The van der Waals surface area contributed by atoms with E-state index in [0.29, 0.717) is 30.3 Å². The number of hydrogen-bond donors (Lipinski definition) is 5. The normalized spacial score (nSPS) is 28.1. The molecule has 0 aliphatic heterocycles. The average Bonchev–Trinajstić information content (AvgIpc) is 2.62. The minimum atomic E-state index is -0.551. The Morgan fingerprint density at radius 2 is 1.81 bits per heavy atom. The van der Waals surface area contributed by atoms with Gasteiger partial charge in [-0.25, -0.2) is 4.98 Å². The molecular weight excluding hydrogens is 368 g/mol. The number of nitrogens with two attached hydrogens (primary N) is 1. The van der Waals surface area contributed by atoms with E-state index >= 15 is 0 Å². The van der Waals surface area contributed by atoms with Crippen LogP contribution in [0.15, 0.2) is 6.20 Å². The van der Waals surface area contributed by atoms with E-state index in [2.05, 4.69) is 25.9 Å². The van der Waals surface area contributed by atoms with Gasteiger partial charge in [0.15, 0.2) is 0 Å². The lowest BCUT2D eigenvalue weighted by atomic mass is 9.91. The minimum Gasteiger partial charge on any atom is -0.393 e. The maximum Gasteiger partial charge on any atom is 0.254 e. The Kier molecular flexibility index (Phi) is 8.07. The Balaban J connectivity index is 0.00000261. The van der Waals surface area contributed by atoms with Crippen LogP contribution in [0, 0.1) is 0 Å². The summed E-state index contributed by atoms with van der Waals surface area (Å²) in [5, 5.41) is 19.9. The first-order valence-electron chi connectivity index (χ1n) is 9.60. The molecule has 3 rings (SSSR count). The molecule has 2 aliphatic rings. The lowest BCUT2D eigenvalue weighted by Gasteiger charge is -2.29. The van der Waals surface area contributed by atoms with Gasteiger partial charge >= 0.3 is 0 Å². The molecule has 152 valence electrons. The van der Waals surface area contributed by atoms with Crippen LogP contribution in [0.4, 0.5) is 11.8 Å². The van der Waals surface area contributed by atoms with Crippen LogP contribution in [0.2, 0.25) is 0 Å². The lowest BCUT2D eigenvalue weighted by molar-refractivity contribution is 0.100. The number of aliphatic hydroxyl groups is 1. The zero-order chi connectivity index (χ0) is 18.5. The third-order valence-electron chi connectivity index (χ3n) is 5.51. The van der Waals surface area contributed by atoms with E-state index in [1.807, 2.05) is 7.05 Å². The van der Waals surface area contributed by atoms with E-state index in [1.54, 1.807) is 0 Å². The molecule has 2 atom stereocenters. The van der Waals surface area contributed by atoms with Crippen LogP contribution >= 0.6 is 12.4 Å². The molecule has 27 heavy (non-hydrogen) atoms. The topological polar surface area (TPSA) is 125 Å². The second kappa shape index (κ2) is 10.1. The summed E-state index contributed by atoms with van der Waals surface area (Å²) < 4.78 is 0. The second-order valence-corrected chi connectivity index (χ2v) is 7.46. The summed E-state index contributed by atoms with van der Waals surface area (Å²) in [6.07, 6.45) is 8.92. The van der Waals surface area contributed by atoms with Gasteiger partial charge in [0, 0.05) is 24.3 Å². The molecule has 0 saturated heterocycles. The predicted octanol–water partition coefficient (Wildman–Crippen LogP) is 1.66. The van der Waals surface area contributed by atoms with Gasteiger partial charge in [0.05, 0.1) is 11.7 Å². The third-order valence-corrected chi connectivity index (χ3v) is 5.51. The van der Waals surface area contributed by atoms with Gasteiger partial charge in [-0.15, -0.1) is 12.4 Å². The molecule has 2 fully saturated rings. The van der Waals surface area contributed by atoms with Crippen molar-refractivity contribution in [2.45, 2.75) is 75.6 Å². The fraction of sp³-hybridized carbons (Fsp3) is 0.722. The van der Waals surface area contributed by atoms with Crippen molar-refractivity contribution >= 4 is 30.1 Å². The van der Waals surface area contributed by atoms with Crippen LogP contribution in [0.1, 0.15) is 61.7 Å². The molecule has 0 spiro atoms. The number of carbonyl (C=O) groups excluding carboxylic acids is 1. The van der Waals surface area contributed by atoms with Gasteiger partial charge in [-0.05, 0) is 58.4 Å². The number of carbonyl (C=O) groups is 1. The zero-order valence-corrected chi connectivity index (χ0v) is 16.6. The van der Waals surface area contributed by atoms with Crippen molar-refractivity contribution in [1.82, 2.24) is 15.3 Å². The second-order valence-electron chi connectivity index (χ2n) is 7.46. The monoisotopic (exact) mass is 398 g/mol. The number of halogens is 1. The van der Waals surface area contributed by atoms with E-state index in [-0.39, 0.29) is 30.1 Å². The van der Waals surface area contributed by atoms with Gasteiger partial charge in [0.1, 0.15) is 5.82 Å². The first-order valence-corrected chi connectivity index (χ1v) is 9.60. The van der Waals surface area contributed by atoms with Gasteiger partial charge in [0.2, 0.25) is 5.95 Å². The largest absolute Gasteiger partial charge is 0.393 e. The van der Waals surface area contributed by atoms with Crippen molar-refractivity contribution in [2.24, 2.45) is 5.73 Å². The molecule has 0 unspecified atom stereocenters. The number of anilines is 2. The van der Waals surface area contributed by atoms with Crippen molar-refractivity contribution in [1.29, 1.82) is 0 Å². The molecule has 1 heterocycles. The van der Waals surface area contributed by atoms with Crippen molar-refractivity contribution in [2.75, 3.05) is 17.7 Å². The first kappa shape index (κ1) is 21.7. The Morgan fingerprint density at radius 3 is 2.44 bits per heavy atom. The summed E-state index contributed by atoms with van der Waals surface area (Å²) in [5.41, 5.74) is 5.76. The van der Waals surface area contributed by atoms with Crippen LogP contribution in [0.3, 0.4) is 0 Å². The molecule has 2 saturated carbocycles. The molecule has 1 aromatic heterocycles. The maximum absolute atomic E-state index is 11.7. The Labute approximate surface area is 166 Å². The van der Waals surface area contributed by atoms with Gasteiger partial charge in [-0.2, -0.15) is 4.98 Å². The van der Waals surface area contributed by atoms with E-state index in [1.165, 1.54) is 6.20 Å². The Hall–Kier alpha value is -1.64. The highest BCUT2D eigenvalue weighted by Crippen LogP contribution is 2.25. The number of amides is 1. The van der Waals surface area contributed by atoms with E-state index < -0.39 is 5.91 Å². The van der Waals surface area contributed by atoms with Crippen molar-refractivity contribution in [3.63, 3.8) is 0 Å². The molecule has 6 N–H and O–H groups in total. The zero-order valence-electron chi connectivity index (χ0n) is 15.8. The number of primary amides is 1. The average molecular weight is 399 g/mol. The molecule has 0 bridgehead atoms. The molecule has 0 radical (unpaired) electrons. The molecule has 1 aromatic rings. The third kappa shape index (κ3) is 5.92. The smallest absolute Gasteiger partial charge is 0.254 e. The van der Waals surface area contributed by atoms with Crippen LogP contribution in [0.25, 0.3) is 0 Å².